The minimum absolute atomic E-state index is 0. The second kappa shape index (κ2) is 14.2. The van der Waals surface area contributed by atoms with Gasteiger partial charge in [-0.1, -0.05) is 46.0 Å². The highest BCUT2D eigenvalue weighted by molar-refractivity contribution is 5.31. The Morgan fingerprint density at radius 1 is 0.731 bits per heavy atom. The predicted octanol–water partition coefficient (Wildman–Crippen LogP) is 7.16. The standard InChI is InChI=1S/C11H14.C6H12O.C5H10O.2CH4/c1-9-5-4-7-10-6-2-3-8-11(9)10;1-6-4-2-3-5-7-6;1-5-3-2-4-6-5;;/h2-3,6,8-9H,4-5,7H2,1H3;6H,2-5H2,1H3;5H,2-4H2,1H3;2*1H4. The fourth-order valence-corrected chi connectivity index (χ4v) is 3.64. The first-order chi connectivity index (χ1) is 11.7. The van der Waals surface area contributed by atoms with Crippen LogP contribution < -0.4 is 0 Å². The quantitative estimate of drug-likeness (QED) is 0.486. The van der Waals surface area contributed by atoms with Gasteiger partial charge in [-0.25, -0.2) is 0 Å². The van der Waals surface area contributed by atoms with Crippen molar-refractivity contribution in [3.63, 3.8) is 0 Å². The van der Waals surface area contributed by atoms with Crippen molar-refractivity contribution in [1.29, 1.82) is 0 Å². The molecule has 2 saturated heterocycles. The van der Waals surface area contributed by atoms with E-state index in [-0.39, 0.29) is 14.9 Å². The van der Waals surface area contributed by atoms with Crippen LogP contribution in [0, 0.1) is 0 Å². The monoisotopic (exact) mass is 364 g/mol. The third kappa shape index (κ3) is 9.19. The first-order valence-electron chi connectivity index (χ1n) is 9.98. The highest BCUT2D eigenvalue weighted by atomic mass is 16.5. The second-order valence-electron chi connectivity index (χ2n) is 7.49. The van der Waals surface area contributed by atoms with Crippen molar-refractivity contribution in [1.82, 2.24) is 0 Å². The van der Waals surface area contributed by atoms with Gasteiger partial charge in [0.2, 0.25) is 0 Å². The van der Waals surface area contributed by atoms with Crippen LogP contribution in [-0.4, -0.2) is 25.4 Å². The minimum Gasteiger partial charge on any atom is -0.379 e. The van der Waals surface area contributed by atoms with E-state index in [1.807, 2.05) is 0 Å². The number of hydrogen-bond donors (Lipinski definition) is 0. The van der Waals surface area contributed by atoms with Crippen molar-refractivity contribution in [2.24, 2.45) is 0 Å². The summed E-state index contributed by atoms with van der Waals surface area (Å²) in [5, 5.41) is 0. The number of ether oxygens (including phenoxy) is 2. The summed E-state index contributed by atoms with van der Waals surface area (Å²) >= 11 is 0. The molecule has 0 N–H and O–H groups in total. The van der Waals surface area contributed by atoms with Gasteiger partial charge in [0, 0.05) is 13.2 Å². The van der Waals surface area contributed by atoms with Crippen LogP contribution in [-0.2, 0) is 15.9 Å². The van der Waals surface area contributed by atoms with Crippen molar-refractivity contribution in [3.05, 3.63) is 35.4 Å². The maximum absolute atomic E-state index is 5.28. The van der Waals surface area contributed by atoms with Crippen LogP contribution in [0.15, 0.2) is 24.3 Å². The molecular weight excluding hydrogens is 320 g/mol. The zero-order valence-corrected chi connectivity index (χ0v) is 15.9. The first-order valence-corrected chi connectivity index (χ1v) is 9.98. The molecule has 1 aliphatic carbocycles. The van der Waals surface area contributed by atoms with Crippen molar-refractivity contribution < 1.29 is 9.47 Å². The summed E-state index contributed by atoms with van der Waals surface area (Å²) in [6.07, 6.45) is 11.5. The molecule has 1 aromatic carbocycles. The Morgan fingerprint density at radius 3 is 1.81 bits per heavy atom. The Labute approximate surface area is 163 Å². The molecule has 2 heteroatoms. The molecule has 3 aliphatic rings. The average molecular weight is 365 g/mol. The lowest BCUT2D eigenvalue weighted by atomic mass is 9.84. The van der Waals surface area contributed by atoms with Crippen molar-refractivity contribution >= 4 is 0 Å². The molecule has 2 heterocycles. The van der Waals surface area contributed by atoms with Crippen molar-refractivity contribution in [2.75, 3.05) is 13.2 Å². The van der Waals surface area contributed by atoms with Crippen LogP contribution in [0.1, 0.15) is 97.6 Å². The zero-order valence-electron chi connectivity index (χ0n) is 15.9. The molecule has 0 bridgehead atoms. The summed E-state index contributed by atoms with van der Waals surface area (Å²) in [6.45, 7) is 8.56. The Kier molecular flexibility index (Phi) is 13.8. The molecule has 0 aromatic heterocycles. The number of aryl methyl sites for hydroxylation is 1. The molecule has 3 unspecified atom stereocenters. The third-order valence-corrected chi connectivity index (χ3v) is 5.23. The van der Waals surface area contributed by atoms with Crippen molar-refractivity contribution in [3.8, 4) is 0 Å². The van der Waals surface area contributed by atoms with Gasteiger partial charge < -0.3 is 9.47 Å². The summed E-state index contributed by atoms with van der Waals surface area (Å²) < 4.78 is 10.4. The molecule has 2 fully saturated rings. The zero-order chi connectivity index (χ0) is 17.2. The topological polar surface area (TPSA) is 18.5 Å². The van der Waals surface area contributed by atoms with Gasteiger partial charge in [-0.15, -0.1) is 0 Å². The molecular formula is C24H44O2. The van der Waals surface area contributed by atoms with E-state index in [1.165, 1.54) is 51.4 Å². The summed E-state index contributed by atoms with van der Waals surface area (Å²) in [7, 11) is 0. The van der Waals surface area contributed by atoms with E-state index in [9.17, 15) is 0 Å². The molecule has 4 rings (SSSR count). The van der Waals surface area contributed by atoms with E-state index in [4.69, 9.17) is 9.47 Å². The highest BCUT2D eigenvalue weighted by Gasteiger charge is 2.14. The lowest BCUT2D eigenvalue weighted by Gasteiger charge is -2.21. The van der Waals surface area contributed by atoms with Crippen molar-refractivity contribution in [2.45, 2.75) is 105 Å². The second-order valence-corrected chi connectivity index (χ2v) is 7.49. The smallest absolute Gasteiger partial charge is 0.0547 e. The van der Waals surface area contributed by atoms with Gasteiger partial charge in [0.25, 0.3) is 0 Å². The summed E-state index contributed by atoms with van der Waals surface area (Å²) in [5.74, 6) is 0.792. The van der Waals surface area contributed by atoms with E-state index < -0.39 is 0 Å². The SMILES string of the molecule is C.C.CC1CCCCO1.CC1CCCO1.CC1CCCc2ccccc21. The molecule has 2 aliphatic heterocycles. The Balaban J connectivity index is 0.000000367. The maximum Gasteiger partial charge on any atom is 0.0547 e. The molecule has 0 spiro atoms. The average Bonchev–Trinajstić information content (AvgIpc) is 3.08. The molecule has 0 radical (unpaired) electrons. The maximum atomic E-state index is 5.28. The number of benzene rings is 1. The minimum atomic E-state index is 0. The Hall–Kier alpha value is -0.860. The van der Waals surface area contributed by atoms with Crippen LogP contribution >= 0.6 is 0 Å². The fourth-order valence-electron chi connectivity index (χ4n) is 3.64. The van der Waals surface area contributed by atoms with Gasteiger partial charge in [0.15, 0.2) is 0 Å². The Bertz CT molecular complexity index is 445. The summed E-state index contributed by atoms with van der Waals surface area (Å²) in [5.41, 5.74) is 3.16. The third-order valence-electron chi connectivity index (χ3n) is 5.23. The van der Waals surface area contributed by atoms with Crippen LogP contribution in [0.5, 0.6) is 0 Å². The first kappa shape index (κ1) is 25.1. The van der Waals surface area contributed by atoms with Crippen LogP contribution in [0.4, 0.5) is 0 Å². The summed E-state index contributed by atoms with van der Waals surface area (Å²) in [4.78, 5) is 0. The normalized spacial score (nSPS) is 26.5. The molecule has 2 nitrogen and oxygen atoms in total. The molecule has 152 valence electrons. The van der Waals surface area contributed by atoms with Gasteiger partial charge in [-0.05, 0) is 82.3 Å². The van der Waals surface area contributed by atoms with Crippen LogP contribution in [0.25, 0.3) is 0 Å². The van der Waals surface area contributed by atoms with Gasteiger partial charge in [-0.2, -0.15) is 0 Å². The van der Waals surface area contributed by atoms with E-state index in [0.717, 1.165) is 19.1 Å². The number of fused-ring (bicyclic) bond motifs is 1. The lowest BCUT2D eigenvalue weighted by molar-refractivity contribution is 0.0285. The van der Waals surface area contributed by atoms with E-state index in [2.05, 4.69) is 45.0 Å². The molecule has 0 saturated carbocycles. The van der Waals surface area contributed by atoms with E-state index in [1.54, 1.807) is 11.1 Å². The number of hydrogen-bond acceptors (Lipinski definition) is 2. The Morgan fingerprint density at radius 2 is 1.35 bits per heavy atom. The van der Waals surface area contributed by atoms with Gasteiger partial charge in [-0.3, -0.25) is 0 Å². The molecule has 3 atom stereocenters. The largest absolute Gasteiger partial charge is 0.379 e. The lowest BCUT2D eigenvalue weighted by Crippen LogP contribution is -2.14. The highest BCUT2D eigenvalue weighted by Crippen LogP contribution is 2.30. The summed E-state index contributed by atoms with van der Waals surface area (Å²) in [6, 6.07) is 8.85. The van der Waals surface area contributed by atoms with Gasteiger partial charge in [0.05, 0.1) is 12.2 Å². The van der Waals surface area contributed by atoms with Gasteiger partial charge >= 0.3 is 0 Å². The predicted molar refractivity (Wildman–Crippen MR) is 115 cm³/mol. The van der Waals surface area contributed by atoms with Gasteiger partial charge in [0.1, 0.15) is 0 Å². The van der Waals surface area contributed by atoms with E-state index >= 15 is 0 Å². The molecule has 0 amide bonds. The fraction of sp³-hybridized carbons (Fsp3) is 0.750. The number of rotatable bonds is 0. The van der Waals surface area contributed by atoms with E-state index in [0.29, 0.717) is 12.2 Å². The van der Waals surface area contributed by atoms with Crippen LogP contribution in [0.3, 0.4) is 0 Å². The van der Waals surface area contributed by atoms with Crippen LogP contribution in [0.2, 0.25) is 0 Å². The molecule has 1 aromatic rings. The molecule has 26 heavy (non-hydrogen) atoms.